The average molecular weight is 316 g/mol. The van der Waals surface area contributed by atoms with E-state index in [-0.39, 0.29) is 24.3 Å². The summed E-state index contributed by atoms with van der Waals surface area (Å²) in [5.41, 5.74) is -0.619. The van der Waals surface area contributed by atoms with E-state index in [1.54, 1.807) is 25.3 Å². The van der Waals surface area contributed by atoms with E-state index in [1.807, 2.05) is 39.0 Å². The largest absolute Gasteiger partial charge is 0.443 e. The lowest BCUT2D eigenvalue weighted by atomic mass is 9.92. The van der Waals surface area contributed by atoms with Crippen LogP contribution in [-0.4, -0.2) is 16.0 Å². The van der Waals surface area contributed by atoms with Gasteiger partial charge in [0.1, 0.15) is 5.76 Å². The van der Waals surface area contributed by atoms with Gasteiger partial charge in [-0.25, -0.2) is 4.98 Å². The predicted molar refractivity (Wildman–Crippen MR) is 87.7 cm³/mol. The van der Waals surface area contributed by atoms with Gasteiger partial charge < -0.3 is 14.8 Å². The second-order valence-electron chi connectivity index (χ2n) is 6.96. The average Bonchev–Trinajstić information content (AvgIpc) is 2.95. The standard InChI is InChI=1S/C18H24N2O3/c1-17(2,3)14-11-20-16(23-14)12-19-15(21)10-18(4,22)13-8-6-5-7-9-13/h5-9,11,22H,10,12H2,1-4H3,(H,19,21). The van der Waals surface area contributed by atoms with Gasteiger partial charge in [0.05, 0.1) is 24.8 Å². The lowest BCUT2D eigenvalue weighted by Gasteiger charge is -2.23. The zero-order chi connectivity index (χ0) is 17.1. The predicted octanol–water partition coefficient (Wildman–Crippen LogP) is 2.89. The van der Waals surface area contributed by atoms with E-state index in [2.05, 4.69) is 10.3 Å². The van der Waals surface area contributed by atoms with Crippen LogP contribution in [0.2, 0.25) is 0 Å². The molecule has 1 aromatic carbocycles. The highest BCUT2D eigenvalue weighted by Crippen LogP contribution is 2.24. The first-order chi connectivity index (χ1) is 10.7. The monoisotopic (exact) mass is 316 g/mol. The zero-order valence-electron chi connectivity index (χ0n) is 14.1. The molecule has 5 nitrogen and oxygen atoms in total. The highest BCUT2D eigenvalue weighted by Gasteiger charge is 2.26. The Hall–Kier alpha value is -2.14. The number of hydrogen-bond donors (Lipinski definition) is 2. The Morgan fingerprint density at radius 2 is 1.87 bits per heavy atom. The van der Waals surface area contributed by atoms with Crippen molar-refractivity contribution in [1.29, 1.82) is 0 Å². The molecule has 0 fully saturated rings. The Bertz CT molecular complexity index is 654. The van der Waals surface area contributed by atoms with Crippen molar-refractivity contribution in [3.8, 4) is 0 Å². The van der Waals surface area contributed by atoms with E-state index in [9.17, 15) is 9.90 Å². The number of hydrogen-bond acceptors (Lipinski definition) is 4. The van der Waals surface area contributed by atoms with Gasteiger partial charge in [0.15, 0.2) is 0 Å². The van der Waals surface area contributed by atoms with Gasteiger partial charge in [-0.2, -0.15) is 0 Å². The van der Waals surface area contributed by atoms with Crippen LogP contribution < -0.4 is 5.32 Å². The molecule has 1 heterocycles. The second kappa shape index (κ2) is 6.54. The quantitative estimate of drug-likeness (QED) is 0.889. The number of carbonyl (C=O) groups excluding carboxylic acids is 1. The van der Waals surface area contributed by atoms with E-state index in [0.29, 0.717) is 11.5 Å². The number of nitrogens with zero attached hydrogens (tertiary/aromatic N) is 1. The maximum atomic E-state index is 12.1. The van der Waals surface area contributed by atoms with Crippen LogP contribution in [-0.2, 0) is 22.4 Å². The maximum Gasteiger partial charge on any atom is 0.223 e. The second-order valence-corrected chi connectivity index (χ2v) is 6.96. The van der Waals surface area contributed by atoms with E-state index < -0.39 is 5.60 Å². The van der Waals surface area contributed by atoms with Gasteiger partial charge in [0.25, 0.3) is 0 Å². The Labute approximate surface area is 136 Å². The van der Waals surface area contributed by atoms with Gasteiger partial charge in [0.2, 0.25) is 11.8 Å². The van der Waals surface area contributed by atoms with Crippen LogP contribution in [0.1, 0.15) is 51.3 Å². The molecule has 1 aromatic heterocycles. The van der Waals surface area contributed by atoms with E-state index in [1.165, 1.54) is 0 Å². The lowest BCUT2D eigenvalue weighted by molar-refractivity contribution is -0.126. The Morgan fingerprint density at radius 1 is 1.22 bits per heavy atom. The van der Waals surface area contributed by atoms with Gasteiger partial charge in [-0.3, -0.25) is 4.79 Å². The molecule has 1 atom stereocenters. The molecule has 0 aliphatic carbocycles. The molecule has 23 heavy (non-hydrogen) atoms. The number of aromatic nitrogens is 1. The molecule has 0 radical (unpaired) electrons. The lowest BCUT2D eigenvalue weighted by Crippen LogP contribution is -2.32. The summed E-state index contributed by atoms with van der Waals surface area (Å²) < 4.78 is 5.62. The molecular weight excluding hydrogens is 292 g/mol. The fraction of sp³-hybridized carbons (Fsp3) is 0.444. The molecule has 0 aliphatic heterocycles. The molecule has 2 rings (SSSR count). The van der Waals surface area contributed by atoms with Crippen LogP contribution >= 0.6 is 0 Å². The Kier molecular flexibility index (Phi) is 4.90. The summed E-state index contributed by atoms with van der Waals surface area (Å²) in [5, 5.41) is 13.2. The molecule has 0 bridgehead atoms. The van der Waals surface area contributed by atoms with Crippen molar-refractivity contribution in [2.45, 2.75) is 51.7 Å². The van der Waals surface area contributed by atoms with E-state index in [4.69, 9.17) is 4.42 Å². The molecule has 0 aliphatic rings. The summed E-state index contributed by atoms with van der Waals surface area (Å²) in [6, 6.07) is 9.15. The minimum absolute atomic E-state index is 0.0240. The van der Waals surface area contributed by atoms with Crippen molar-refractivity contribution >= 4 is 5.91 Å². The summed E-state index contributed by atoms with van der Waals surface area (Å²) in [4.78, 5) is 16.2. The number of carbonyl (C=O) groups is 1. The van der Waals surface area contributed by atoms with Gasteiger partial charge in [0, 0.05) is 5.41 Å². The highest BCUT2D eigenvalue weighted by molar-refractivity contribution is 5.77. The molecule has 2 N–H and O–H groups in total. The maximum absolute atomic E-state index is 12.1. The number of benzene rings is 1. The van der Waals surface area contributed by atoms with E-state index in [0.717, 1.165) is 5.76 Å². The molecule has 0 saturated heterocycles. The van der Waals surface area contributed by atoms with Crippen molar-refractivity contribution in [1.82, 2.24) is 10.3 Å². The molecule has 124 valence electrons. The molecule has 2 aromatic rings. The van der Waals surface area contributed by atoms with Crippen LogP contribution in [0.25, 0.3) is 0 Å². The topological polar surface area (TPSA) is 75.4 Å². The SMILES string of the molecule is CC(C)(C)c1cnc(CNC(=O)CC(C)(O)c2ccccc2)o1. The summed E-state index contributed by atoms with van der Waals surface area (Å²) in [7, 11) is 0. The number of rotatable bonds is 5. The van der Waals surface area contributed by atoms with Crippen molar-refractivity contribution in [3.63, 3.8) is 0 Å². The van der Waals surface area contributed by atoms with Crippen molar-refractivity contribution in [3.05, 3.63) is 53.7 Å². The van der Waals surface area contributed by atoms with Gasteiger partial charge in [-0.15, -0.1) is 0 Å². The van der Waals surface area contributed by atoms with Crippen LogP contribution in [0.4, 0.5) is 0 Å². The third-order valence-electron chi connectivity index (χ3n) is 3.63. The fourth-order valence-electron chi connectivity index (χ4n) is 2.19. The minimum Gasteiger partial charge on any atom is -0.443 e. The Morgan fingerprint density at radius 3 is 2.43 bits per heavy atom. The molecule has 1 unspecified atom stereocenters. The molecule has 1 amide bonds. The third-order valence-corrected chi connectivity index (χ3v) is 3.63. The number of oxazole rings is 1. The summed E-state index contributed by atoms with van der Waals surface area (Å²) in [6.07, 6.45) is 1.66. The van der Waals surface area contributed by atoms with E-state index >= 15 is 0 Å². The van der Waals surface area contributed by atoms with Crippen molar-refractivity contribution in [2.75, 3.05) is 0 Å². The number of nitrogens with one attached hydrogen (secondary N) is 1. The third kappa shape index (κ3) is 4.66. The highest BCUT2D eigenvalue weighted by atomic mass is 16.4. The molecule has 5 heteroatoms. The molecule has 0 saturated carbocycles. The molecular formula is C18H24N2O3. The first-order valence-corrected chi connectivity index (χ1v) is 7.68. The first kappa shape index (κ1) is 17.2. The van der Waals surface area contributed by atoms with Crippen molar-refractivity contribution in [2.24, 2.45) is 0 Å². The van der Waals surface area contributed by atoms with Crippen LogP contribution in [0.15, 0.2) is 40.9 Å². The summed E-state index contributed by atoms with van der Waals surface area (Å²) >= 11 is 0. The van der Waals surface area contributed by atoms with Gasteiger partial charge >= 0.3 is 0 Å². The van der Waals surface area contributed by atoms with Crippen LogP contribution in [0, 0.1) is 0 Å². The number of aliphatic hydroxyl groups is 1. The van der Waals surface area contributed by atoms with Gasteiger partial charge in [-0.1, -0.05) is 51.1 Å². The van der Waals surface area contributed by atoms with Crippen LogP contribution in [0.5, 0.6) is 0 Å². The minimum atomic E-state index is -1.21. The Balaban J connectivity index is 1.91. The number of amides is 1. The molecule has 0 spiro atoms. The fourth-order valence-corrected chi connectivity index (χ4v) is 2.19. The first-order valence-electron chi connectivity index (χ1n) is 7.68. The van der Waals surface area contributed by atoms with Gasteiger partial charge in [-0.05, 0) is 12.5 Å². The smallest absolute Gasteiger partial charge is 0.223 e. The van der Waals surface area contributed by atoms with Crippen molar-refractivity contribution < 1.29 is 14.3 Å². The summed E-state index contributed by atoms with van der Waals surface area (Å²) in [5.74, 6) is 0.982. The zero-order valence-corrected chi connectivity index (χ0v) is 14.1. The van der Waals surface area contributed by atoms with Crippen LogP contribution in [0.3, 0.4) is 0 Å². The normalized spacial score (nSPS) is 14.3. The summed E-state index contributed by atoms with van der Waals surface area (Å²) in [6.45, 7) is 7.94.